The number of pyridine rings is 1. The van der Waals surface area contributed by atoms with E-state index in [0.29, 0.717) is 0 Å². The molecule has 4 nitrogen and oxygen atoms in total. The van der Waals surface area contributed by atoms with Gasteiger partial charge in [-0.05, 0) is 61.0 Å². The number of quaternary nitrogens is 1. The topological polar surface area (TPSA) is 32.6 Å². The van der Waals surface area contributed by atoms with Crippen LogP contribution in [-0.2, 0) is 6.42 Å². The molecule has 5 heteroatoms. The van der Waals surface area contributed by atoms with Crippen molar-refractivity contribution in [3.05, 3.63) is 59.9 Å². The Morgan fingerprint density at radius 3 is 2.36 bits per heavy atom. The Balaban J connectivity index is 2.13. The molecule has 2 N–H and O–H groups in total. The largest absolute Gasteiger partial charge is 0.338 e. The first kappa shape index (κ1) is 19.3. The van der Waals surface area contributed by atoms with Crippen LogP contribution in [0.25, 0.3) is 0 Å². The highest BCUT2D eigenvalue weighted by atomic mass is 32.1. The molecule has 0 radical (unpaired) electrons. The summed E-state index contributed by atoms with van der Waals surface area (Å²) in [7, 11) is 4.32. The molecule has 134 valence electrons. The molecule has 0 amide bonds. The number of aromatic nitrogens is 1. The van der Waals surface area contributed by atoms with Crippen molar-refractivity contribution in [1.82, 2.24) is 9.88 Å². The lowest BCUT2D eigenvalue weighted by Crippen LogP contribution is -3.06. The van der Waals surface area contributed by atoms with Crippen molar-refractivity contribution in [2.75, 3.05) is 32.5 Å². The van der Waals surface area contributed by atoms with E-state index in [1.807, 2.05) is 12.4 Å². The number of likely N-dealkylation sites (N-methyl/N-ethyl adjacent to an activating group) is 1. The zero-order valence-corrected chi connectivity index (χ0v) is 16.4. The Morgan fingerprint density at radius 2 is 1.80 bits per heavy atom. The standard InChI is InChI=1S/C20H28N4S/c1-5-17-6-8-19(9-7-17)22-20(25)24(15-14-23(3)4)16(2)18-10-12-21-13-11-18/h6-13,16H,5,14-15H2,1-4H3,(H,22,25)/p+1. The Kier molecular flexibility index (Phi) is 7.34. The minimum Gasteiger partial charge on any atom is -0.338 e. The first-order chi connectivity index (χ1) is 12.0. The lowest BCUT2D eigenvalue weighted by atomic mass is 10.1. The van der Waals surface area contributed by atoms with Gasteiger partial charge in [0.15, 0.2) is 5.11 Å². The van der Waals surface area contributed by atoms with Crippen molar-refractivity contribution in [1.29, 1.82) is 0 Å². The van der Waals surface area contributed by atoms with Crippen LogP contribution in [0.3, 0.4) is 0 Å². The number of benzene rings is 1. The van der Waals surface area contributed by atoms with Gasteiger partial charge in [-0.1, -0.05) is 19.1 Å². The second-order valence-electron chi connectivity index (χ2n) is 6.59. The molecule has 1 aromatic carbocycles. The predicted octanol–water partition coefficient (Wildman–Crippen LogP) is 2.55. The van der Waals surface area contributed by atoms with Gasteiger partial charge in [-0.3, -0.25) is 4.98 Å². The van der Waals surface area contributed by atoms with Crippen molar-refractivity contribution < 1.29 is 4.90 Å². The molecule has 0 aliphatic heterocycles. The molecular weight excluding hydrogens is 328 g/mol. The normalized spacial score (nSPS) is 12.0. The maximum absolute atomic E-state index is 5.74. The van der Waals surface area contributed by atoms with Crippen molar-refractivity contribution >= 4 is 23.0 Å². The van der Waals surface area contributed by atoms with Crippen LogP contribution in [0.5, 0.6) is 0 Å². The van der Waals surface area contributed by atoms with Gasteiger partial charge in [0.25, 0.3) is 0 Å². The van der Waals surface area contributed by atoms with Gasteiger partial charge in [-0.15, -0.1) is 0 Å². The number of aryl methyl sites for hydroxylation is 1. The van der Waals surface area contributed by atoms with Crippen LogP contribution in [0.15, 0.2) is 48.8 Å². The van der Waals surface area contributed by atoms with E-state index >= 15 is 0 Å². The highest BCUT2D eigenvalue weighted by molar-refractivity contribution is 7.80. The zero-order valence-electron chi connectivity index (χ0n) is 15.6. The number of anilines is 1. The van der Waals surface area contributed by atoms with Crippen LogP contribution >= 0.6 is 12.2 Å². The molecule has 0 saturated carbocycles. The summed E-state index contributed by atoms with van der Waals surface area (Å²) < 4.78 is 0. The SMILES string of the molecule is CCc1ccc(NC(=S)N(CC[NH+](C)C)C(C)c2ccncc2)cc1. The van der Waals surface area contributed by atoms with Gasteiger partial charge in [0.05, 0.1) is 33.2 Å². The number of thiocarbonyl (C=S) groups is 1. The maximum atomic E-state index is 5.74. The van der Waals surface area contributed by atoms with Crippen LogP contribution in [0, 0.1) is 0 Å². The van der Waals surface area contributed by atoms with E-state index in [-0.39, 0.29) is 6.04 Å². The summed E-state index contributed by atoms with van der Waals surface area (Å²) in [6.07, 6.45) is 4.71. The van der Waals surface area contributed by atoms with Gasteiger partial charge in [0, 0.05) is 18.1 Å². The van der Waals surface area contributed by atoms with Gasteiger partial charge < -0.3 is 15.1 Å². The number of nitrogens with one attached hydrogen (secondary N) is 2. The van der Waals surface area contributed by atoms with E-state index in [0.717, 1.165) is 30.3 Å². The van der Waals surface area contributed by atoms with E-state index in [2.05, 4.69) is 79.5 Å². The van der Waals surface area contributed by atoms with Crippen LogP contribution in [-0.4, -0.2) is 42.2 Å². The summed E-state index contributed by atoms with van der Waals surface area (Å²) in [4.78, 5) is 7.78. The highest BCUT2D eigenvalue weighted by Gasteiger charge is 2.19. The minimum absolute atomic E-state index is 0.192. The van der Waals surface area contributed by atoms with Crippen LogP contribution < -0.4 is 10.2 Å². The molecule has 0 bridgehead atoms. The lowest BCUT2D eigenvalue weighted by Gasteiger charge is -2.32. The third-order valence-corrected chi connectivity index (χ3v) is 4.72. The number of nitrogens with zero attached hydrogens (tertiary/aromatic N) is 2. The molecule has 2 rings (SSSR count). The first-order valence-corrected chi connectivity index (χ1v) is 9.27. The number of hydrogen-bond donors (Lipinski definition) is 2. The lowest BCUT2D eigenvalue weighted by molar-refractivity contribution is -0.857. The Labute approximate surface area is 156 Å². The molecule has 1 unspecified atom stereocenters. The summed E-state index contributed by atoms with van der Waals surface area (Å²) in [5, 5.41) is 4.16. The van der Waals surface area contributed by atoms with E-state index in [1.54, 1.807) is 0 Å². The fourth-order valence-corrected chi connectivity index (χ4v) is 3.02. The molecule has 1 atom stereocenters. The van der Waals surface area contributed by atoms with Crippen LogP contribution in [0.2, 0.25) is 0 Å². The van der Waals surface area contributed by atoms with Crippen molar-refractivity contribution in [2.45, 2.75) is 26.3 Å². The average Bonchev–Trinajstić information content (AvgIpc) is 2.63. The fourth-order valence-electron chi connectivity index (χ4n) is 2.66. The summed E-state index contributed by atoms with van der Waals surface area (Å²) >= 11 is 5.74. The van der Waals surface area contributed by atoms with Crippen LogP contribution in [0.4, 0.5) is 5.69 Å². The molecule has 2 aromatic rings. The van der Waals surface area contributed by atoms with Crippen molar-refractivity contribution in [2.24, 2.45) is 0 Å². The third-order valence-electron chi connectivity index (χ3n) is 4.38. The van der Waals surface area contributed by atoms with Gasteiger partial charge in [-0.25, -0.2) is 0 Å². The number of hydrogen-bond acceptors (Lipinski definition) is 2. The number of rotatable bonds is 7. The van der Waals surface area contributed by atoms with Crippen LogP contribution in [0.1, 0.15) is 31.0 Å². The molecule has 0 aliphatic rings. The van der Waals surface area contributed by atoms with Gasteiger partial charge in [0.2, 0.25) is 0 Å². The van der Waals surface area contributed by atoms with Gasteiger partial charge in [-0.2, -0.15) is 0 Å². The predicted molar refractivity (Wildman–Crippen MR) is 109 cm³/mol. The third kappa shape index (κ3) is 5.80. The van der Waals surface area contributed by atoms with Crippen molar-refractivity contribution in [3.8, 4) is 0 Å². The molecule has 0 aliphatic carbocycles. The molecule has 1 aromatic heterocycles. The van der Waals surface area contributed by atoms with E-state index in [9.17, 15) is 0 Å². The maximum Gasteiger partial charge on any atom is 0.174 e. The summed E-state index contributed by atoms with van der Waals surface area (Å²) in [6, 6.07) is 12.8. The summed E-state index contributed by atoms with van der Waals surface area (Å²) in [5.74, 6) is 0. The quantitative estimate of drug-likeness (QED) is 0.746. The molecular formula is C20H29N4S+. The van der Waals surface area contributed by atoms with Crippen molar-refractivity contribution in [3.63, 3.8) is 0 Å². The Hall–Kier alpha value is -1.98. The van der Waals surface area contributed by atoms with E-state index in [1.165, 1.54) is 16.0 Å². The van der Waals surface area contributed by atoms with E-state index < -0.39 is 0 Å². The zero-order chi connectivity index (χ0) is 18.2. The Morgan fingerprint density at radius 1 is 1.16 bits per heavy atom. The summed E-state index contributed by atoms with van der Waals surface area (Å²) in [6.45, 7) is 6.26. The smallest absolute Gasteiger partial charge is 0.174 e. The second kappa shape index (κ2) is 9.49. The summed E-state index contributed by atoms with van der Waals surface area (Å²) in [5.41, 5.74) is 3.58. The molecule has 0 saturated heterocycles. The molecule has 1 heterocycles. The highest BCUT2D eigenvalue weighted by Crippen LogP contribution is 2.21. The first-order valence-electron chi connectivity index (χ1n) is 8.86. The molecule has 0 fully saturated rings. The van der Waals surface area contributed by atoms with Gasteiger partial charge in [0.1, 0.15) is 0 Å². The minimum atomic E-state index is 0.192. The molecule has 0 spiro atoms. The second-order valence-corrected chi connectivity index (χ2v) is 6.97. The average molecular weight is 358 g/mol. The fraction of sp³-hybridized carbons (Fsp3) is 0.400. The Bertz CT molecular complexity index is 655. The monoisotopic (exact) mass is 357 g/mol. The van der Waals surface area contributed by atoms with Gasteiger partial charge >= 0.3 is 0 Å². The molecule has 25 heavy (non-hydrogen) atoms. The van der Waals surface area contributed by atoms with E-state index in [4.69, 9.17) is 12.2 Å².